The maximum atomic E-state index is 6.13. The van der Waals surface area contributed by atoms with Crippen molar-refractivity contribution >= 4 is 43.4 Å². The van der Waals surface area contributed by atoms with E-state index in [1.165, 1.54) is 0 Å². The van der Waals surface area contributed by atoms with Crippen molar-refractivity contribution in [3.05, 3.63) is 50.9 Å². The van der Waals surface area contributed by atoms with E-state index in [9.17, 15) is 0 Å². The molecule has 23 heavy (non-hydrogen) atoms. The van der Waals surface area contributed by atoms with Gasteiger partial charge in [-0.3, -0.25) is 0 Å². The van der Waals surface area contributed by atoms with Gasteiger partial charge in [-0.15, -0.1) is 0 Å². The van der Waals surface area contributed by atoms with Gasteiger partial charge >= 0.3 is 0 Å². The molecule has 0 spiro atoms. The molecule has 0 bridgehead atoms. The maximum Gasteiger partial charge on any atom is 0.153 e. The number of rotatable bonds is 0. The molecule has 1 N–H and O–H groups in total. The van der Waals surface area contributed by atoms with E-state index in [1.807, 2.05) is 30.3 Å². The van der Waals surface area contributed by atoms with Gasteiger partial charge in [0, 0.05) is 35.1 Å². The van der Waals surface area contributed by atoms with Gasteiger partial charge in [0.15, 0.2) is 5.75 Å². The third kappa shape index (κ3) is 3.03. The lowest BCUT2D eigenvalue weighted by atomic mass is 10.1. The molecule has 4 rings (SSSR count). The molecule has 2 aromatic carbocycles. The fourth-order valence-electron chi connectivity index (χ4n) is 2.84. The van der Waals surface area contributed by atoms with Crippen molar-refractivity contribution in [3.8, 4) is 11.5 Å². The van der Waals surface area contributed by atoms with Crippen molar-refractivity contribution in [2.24, 2.45) is 4.99 Å². The monoisotopic (exact) mass is 435 g/mol. The molecule has 2 aromatic rings. The highest BCUT2D eigenvalue weighted by Gasteiger charge is 2.24. The van der Waals surface area contributed by atoms with Crippen LogP contribution in [0.5, 0.6) is 11.5 Å². The van der Waals surface area contributed by atoms with Gasteiger partial charge in [-0.05, 0) is 36.4 Å². The minimum absolute atomic E-state index is 0.780. The minimum Gasteiger partial charge on any atom is -0.454 e. The molecule has 6 heteroatoms. The molecule has 0 aromatic heterocycles. The second-order valence-corrected chi connectivity index (χ2v) is 7.36. The minimum atomic E-state index is 0.780. The Hall–Kier alpha value is -1.37. The van der Waals surface area contributed by atoms with Gasteiger partial charge in [0.1, 0.15) is 17.3 Å². The van der Waals surface area contributed by atoms with Gasteiger partial charge in [-0.25, -0.2) is 4.99 Å². The third-order valence-electron chi connectivity index (χ3n) is 3.97. The summed E-state index contributed by atoms with van der Waals surface area (Å²) in [7, 11) is 0. The molecular weight excluding hydrogens is 422 g/mol. The number of hydrogen-bond donors (Lipinski definition) is 1. The van der Waals surface area contributed by atoms with E-state index < -0.39 is 0 Å². The summed E-state index contributed by atoms with van der Waals surface area (Å²) in [6.45, 7) is 3.81. The van der Waals surface area contributed by atoms with Crippen molar-refractivity contribution in [2.45, 2.75) is 0 Å². The smallest absolute Gasteiger partial charge is 0.153 e. The summed E-state index contributed by atoms with van der Waals surface area (Å²) in [4.78, 5) is 7.27. The summed E-state index contributed by atoms with van der Waals surface area (Å²) in [6.07, 6.45) is 0. The second-order valence-electron chi connectivity index (χ2n) is 5.53. The molecule has 4 nitrogen and oxygen atoms in total. The van der Waals surface area contributed by atoms with E-state index in [1.54, 1.807) is 0 Å². The second kappa shape index (κ2) is 6.26. The van der Waals surface area contributed by atoms with Crippen LogP contribution in [0.4, 0.5) is 5.69 Å². The fourth-order valence-corrected chi connectivity index (χ4v) is 3.55. The van der Waals surface area contributed by atoms with E-state index in [0.717, 1.165) is 63.7 Å². The molecule has 118 valence electrons. The van der Waals surface area contributed by atoms with Crippen LogP contribution in [-0.4, -0.2) is 36.9 Å². The van der Waals surface area contributed by atoms with Crippen LogP contribution in [0.3, 0.4) is 0 Å². The lowest BCUT2D eigenvalue weighted by molar-refractivity contribution is 0.357. The van der Waals surface area contributed by atoms with E-state index in [2.05, 4.69) is 48.1 Å². The first-order valence-corrected chi connectivity index (χ1v) is 9.11. The Morgan fingerprint density at radius 2 is 1.65 bits per heavy atom. The Balaban J connectivity index is 1.89. The zero-order valence-electron chi connectivity index (χ0n) is 12.4. The molecule has 0 amide bonds. The average molecular weight is 437 g/mol. The predicted octanol–water partition coefficient (Wildman–Crippen LogP) is 4.30. The van der Waals surface area contributed by atoms with Gasteiger partial charge in [-0.2, -0.15) is 0 Å². The first kappa shape index (κ1) is 15.2. The van der Waals surface area contributed by atoms with Gasteiger partial charge < -0.3 is 15.0 Å². The SMILES string of the molecule is Brc1ccc2c(c1)N=C(N1CCNCC1)c1cc(Br)ccc1O2. The number of ether oxygens (including phenoxy) is 1. The van der Waals surface area contributed by atoms with E-state index in [-0.39, 0.29) is 0 Å². The number of hydrogen-bond acceptors (Lipinski definition) is 4. The van der Waals surface area contributed by atoms with Crippen LogP contribution >= 0.6 is 31.9 Å². The lowest BCUT2D eigenvalue weighted by Gasteiger charge is -2.30. The maximum absolute atomic E-state index is 6.13. The predicted molar refractivity (Wildman–Crippen MR) is 99.0 cm³/mol. The molecule has 0 radical (unpaired) electrons. The molecule has 2 heterocycles. The zero-order valence-corrected chi connectivity index (χ0v) is 15.5. The third-order valence-corrected chi connectivity index (χ3v) is 4.95. The first-order chi connectivity index (χ1) is 11.2. The first-order valence-electron chi connectivity index (χ1n) is 7.52. The van der Waals surface area contributed by atoms with Gasteiger partial charge in [0.2, 0.25) is 0 Å². The van der Waals surface area contributed by atoms with Crippen LogP contribution in [0.1, 0.15) is 5.56 Å². The standard InChI is InChI=1S/C17H15Br2N3O/c18-11-1-3-15-13(9-11)17(22-7-5-20-6-8-22)21-14-10-12(19)2-4-16(14)23-15/h1-4,9-10,20H,5-8H2. The highest BCUT2D eigenvalue weighted by molar-refractivity contribution is 9.10. The van der Waals surface area contributed by atoms with E-state index >= 15 is 0 Å². The molecule has 2 aliphatic heterocycles. The number of fused-ring (bicyclic) bond motifs is 2. The van der Waals surface area contributed by atoms with Crippen LogP contribution in [0.2, 0.25) is 0 Å². The number of benzene rings is 2. The Morgan fingerprint density at radius 1 is 0.957 bits per heavy atom. The summed E-state index contributed by atoms with van der Waals surface area (Å²) in [5.74, 6) is 2.59. The molecule has 0 saturated carbocycles. The van der Waals surface area contributed by atoms with Crippen LogP contribution in [0.25, 0.3) is 0 Å². The van der Waals surface area contributed by atoms with Crippen LogP contribution in [0, 0.1) is 0 Å². The van der Waals surface area contributed by atoms with Crippen LogP contribution in [0.15, 0.2) is 50.3 Å². The highest BCUT2D eigenvalue weighted by Crippen LogP contribution is 2.40. The molecule has 1 fully saturated rings. The van der Waals surface area contributed by atoms with E-state index in [4.69, 9.17) is 9.73 Å². The van der Waals surface area contributed by atoms with Crippen molar-refractivity contribution in [1.29, 1.82) is 0 Å². The topological polar surface area (TPSA) is 36.9 Å². The number of nitrogens with one attached hydrogen (secondary N) is 1. The quantitative estimate of drug-likeness (QED) is 0.668. The van der Waals surface area contributed by atoms with Gasteiger partial charge in [-0.1, -0.05) is 31.9 Å². The number of amidine groups is 1. The molecule has 2 aliphatic rings. The summed E-state index contributed by atoms with van der Waals surface area (Å²) < 4.78 is 8.15. The van der Waals surface area contributed by atoms with Crippen molar-refractivity contribution in [2.75, 3.05) is 26.2 Å². The van der Waals surface area contributed by atoms with Crippen molar-refractivity contribution in [3.63, 3.8) is 0 Å². The fraction of sp³-hybridized carbons (Fsp3) is 0.235. The Bertz CT molecular complexity index is 785. The number of halogens is 2. The summed E-state index contributed by atoms with van der Waals surface area (Å²) >= 11 is 7.09. The number of aliphatic imine (C=N–C) groups is 1. The average Bonchev–Trinajstić information content (AvgIpc) is 2.72. The number of nitrogens with zero attached hydrogens (tertiary/aromatic N) is 2. The molecule has 0 atom stereocenters. The van der Waals surface area contributed by atoms with Gasteiger partial charge in [0.05, 0.1) is 5.56 Å². The van der Waals surface area contributed by atoms with Crippen LogP contribution in [-0.2, 0) is 0 Å². The normalized spacial score (nSPS) is 16.8. The Labute approximate surface area is 151 Å². The van der Waals surface area contributed by atoms with Gasteiger partial charge in [0.25, 0.3) is 0 Å². The van der Waals surface area contributed by atoms with Crippen molar-refractivity contribution < 1.29 is 4.74 Å². The largest absolute Gasteiger partial charge is 0.454 e. The molecule has 0 unspecified atom stereocenters. The Morgan fingerprint density at radius 3 is 2.43 bits per heavy atom. The zero-order chi connectivity index (χ0) is 15.8. The summed E-state index contributed by atoms with van der Waals surface area (Å²) in [6, 6.07) is 12.0. The lowest BCUT2D eigenvalue weighted by Crippen LogP contribution is -2.46. The van der Waals surface area contributed by atoms with E-state index in [0.29, 0.717) is 0 Å². The highest BCUT2D eigenvalue weighted by atomic mass is 79.9. The molecular formula is C17H15Br2N3O. The summed E-state index contributed by atoms with van der Waals surface area (Å²) in [5.41, 5.74) is 1.87. The molecule has 1 saturated heterocycles. The number of piperazine rings is 1. The molecule has 0 aliphatic carbocycles. The van der Waals surface area contributed by atoms with Crippen LogP contribution < -0.4 is 10.1 Å². The Kier molecular flexibility index (Phi) is 4.13. The van der Waals surface area contributed by atoms with Crippen molar-refractivity contribution in [1.82, 2.24) is 10.2 Å². The summed E-state index contributed by atoms with van der Waals surface area (Å²) in [5, 5.41) is 3.39.